The Morgan fingerprint density at radius 3 is 2.66 bits per heavy atom. The van der Waals surface area contributed by atoms with Gasteiger partial charge in [-0.3, -0.25) is 0 Å². The molecule has 1 atom stereocenters. The quantitative estimate of drug-likeness (QED) is 0.428. The summed E-state index contributed by atoms with van der Waals surface area (Å²) in [6, 6.07) is 8.43. The topological polar surface area (TPSA) is 59.2 Å². The van der Waals surface area contributed by atoms with E-state index in [0.717, 1.165) is 23.3 Å². The lowest BCUT2D eigenvalue weighted by atomic mass is 9.99. The molecule has 0 spiro atoms. The monoisotopic (exact) mass is 464 g/mol. The van der Waals surface area contributed by atoms with E-state index in [-0.39, 0.29) is 23.0 Å². The largest absolute Gasteiger partial charge is 0.477 e. The van der Waals surface area contributed by atoms with Crippen LogP contribution in [0.4, 0.5) is 0 Å². The standard InChI is InChI=1S/C20H12Cl3N3O2S/c21-12-6-11(7-13(22)8-12)16-18(27)25-5-1-2-10-3-4-14(15-9-24-20(23)29-15)26(17(10)25)19(16)28/h1-2,5-9,14H,3-4H2/p+1. The van der Waals surface area contributed by atoms with Gasteiger partial charge >= 0.3 is 5.56 Å². The predicted molar refractivity (Wildman–Crippen MR) is 115 cm³/mol. The maximum atomic E-state index is 13.3. The summed E-state index contributed by atoms with van der Waals surface area (Å²) < 4.78 is 3.78. The van der Waals surface area contributed by atoms with Gasteiger partial charge in [0.2, 0.25) is 0 Å². The van der Waals surface area contributed by atoms with Crippen molar-refractivity contribution in [2.24, 2.45) is 0 Å². The van der Waals surface area contributed by atoms with Crippen LogP contribution in [0, 0.1) is 0 Å². The molecule has 1 aliphatic rings. The summed E-state index contributed by atoms with van der Waals surface area (Å²) in [5.41, 5.74) is 1.92. The molecule has 0 bridgehead atoms. The van der Waals surface area contributed by atoms with Gasteiger partial charge in [-0.15, -0.1) is 11.3 Å². The van der Waals surface area contributed by atoms with Crippen LogP contribution in [0.3, 0.4) is 0 Å². The first kappa shape index (κ1) is 18.9. The number of hydrogen-bond donors (Lipinski definition) is 1. The predicted octanol–water partition coefficient (Wildman–Crippen LogP) is 4.91. The van der Waals surface area contributed by atoms with Gasteiger partial charge in [-0.05, 0) is 43.2 Å². The molecule has 3 aromatic heterocycles. The number of aryl methyl sites for hydroxylation is 1. The van der Waals surface area contributed by atoms with Crippen molar-refractivity contribution in [3.8, 4) is 17.0 Å². The molecule has 0 fully saturated rings. The molecule has 4 heterocycles. The van der Waals surface area contributed by atoms with Gasteiger partial charge in [0.1, 0.15) is 6.04 Å². The second-order valence-electron chi connectivity index (χ2n) is 6.83. The van der Waals surface area contributed by atoms with Crippen molar-refractivity contribution < 1.29 is 9.51 Å². The number of rotatable bonds is 2. The summed E-state index contributed by atoms with van der Waals surface area (Å²) in [5.74, 6) is -0.130. The maximum Gasteiger partial charge on any atom is 0.354 e. The zero-order valence-corrected chi connectivity index (χ0v) is 17.9. The highest BCUT2D eigenvalue weighted by Gasteiger charge is 2.36. The zero-order chi connectivity index (χ0) is 20.3. The number of halogens is 3. The molecule has 0 amide bonds. The highest BCUT2D eigenvalue weighted by atomic mass is 35.5. The van der Waals surface area contributed by atoms with E-state index in [9.17, 15) is 9.90 Å². The minimum Gasteiger partial charge on any atom is -0.477 e. The molecular weight excluding hydrogens is 453 g/mol. The van der Waals surface area contributed by atoms with Crippen molar-refractivity contribution >= 4 is 51.8 Å². The SMILES string of the molecule is O=c1c(-c2cc(Cl)cc(Cl)c2)c(O)n2c3c(ccc[n+]13)CCC2c1cnc(Cl)s1. The van der Waals surface area contributed by atoms with Crippen LogP contribution >= 0.6 is 46.1 Å². The fourth-order valence-corrected chi connectivity index (χ4v) is 5.57. The van der Waals surface area contributed by atoms with Gasteiger partial charge in [0.15, 0.2) is 10.0 Å². The first-order chi connectivity index (χ1) is 13.9. The molecule has 5 nitrogen and oxygen atoms in total. The molecule has 5 rings (SSSR count). The number of aromatic nitrogens is 3. The summed E-state index contributed by atoms with van der Waals surface area (Å²) in [4.78, 5) is 18.4. The van der Waals surface area contributed by atoms with Crippen LogP contribution in [0.2, 0.25) is 14.5 Å². The lowest BCUT2D eigenvalue weighted by molar-refractivity contribution is -0.532. The van der Waals surface area contributed by atoms with Crippen molar-refractivity contribution in [2.45, 2.75) is 18.9 Å². The molecule has 29 heavy (non-hydrogen) atoms. The molecule has 1 aromatic carbocycles. The Kier molecular flexibility index (Phi) is 4.55. The highest BCUT2D eigenvalue weighted by Crippen LogP contribution is 2.40. The molecule has 146 valence electrons. The van der Waals surface area contributed by atoms with E-state index in [2.05, 4.69) is 4.98 Å². The fraction of sp³-hybridized carbons (Fsp3) is 0.150. The zero-order valence-electron chi connectivity index (χ0n) is 14.8. The van der Waals surface area contributed by atoms with Gasteiger partial charge in [0.25, 0.3) is 11.5 Å². The van der Waals surface area contributed by atoms with Crippen LogP contribution in [-0.4, -0.2) is 14.7 Å². The average molecular weight is 466 g/mol. The first-order valence-corrected chi connectivity index (χ1v) is 10.8. The number of thiazole rings is 1. The summed E-state index contributed by atoms with van der Waals surface area (Å²) in [6.45, 7) is 0. The third-order valence-electron chi connectivity index (χ3n) is 5.13. The number of pyridine rings is 1. The lowest BCUT2D eigenvalue weighted by Gasteiger charge is -2.23. The van der Waals surface area contributed by atoms with E-state index in [0.29, 0.717) is 25.7 Å². The highest BCUT2D eigenvalue weighted by molar-refractivity contribution is 7.15. The molecular formula is C20H13Cl3N3O2S+. The van der Waals surface area contributed by atoms with Crippen LogP contribution in [0.1, 0.15) is 22.9 Å². The fourth-order valence-electron chi connectivity index (χ4n) is 3.97. The summed E-state index contributed by atoms with van der Waals surface area (Å²) in [5, 5.41) is 12.1. The van der Waals surface area contributed by atoms with Gasteiger partial charge in [-0.2, -0.15) is 8.97 Å². The lowest BCUT2D eigenvalue weighted by Crippen LogP contribution is -2.46. The minimum absolute atomic E-state index is 0.130. The van der Waals surface area contributed by atoms with E-state index in [1.807, 2.05) is 12.1 Å². The summed E-state index contributed by atoms with van der Waals surface area (Å²) in [6.07, 6.45) is 4.94. The molecule has 0 radical (unpaired) electrons. The van der Waals surface area contributed by atoms with E-state index in [1.165, 1.54) is 11.3 Å². The van der Waals surface area contributed by atoms with Gasteiger partial charge in [0, 0.05) is 27.4 Å². The number of hydrogen-bond acceptors (Lipinski definition) is 4. The van der Waals surface area contributed by atoms with E-state index < -0.39 is 0 Å². The molecule has 0 saturated carbocycles. The van der Waals surface area contributed by atoms with Crippen LogP contribution < -0.4 is 9.96 Å². The Morgan fingerprint density at radius 1 is 1.21 bits per heavy atom. The van der Waals surface area contributed by atoms with Gasteiger partial charge in [0.05, 0.1) is 11.1 Å². The number of benzene rings is 1. The molecule has 9 heteroatoms. The smallest absolute Gasteiger partial charge is 0.354 e. The Morgan fingerprint density at radius 2 is 1.97 bits per heavy atom. The van der Waals surface area contributed by atoms with Crippen LogP contribution in [0.25, 0.3) is 16.8 Å². The second kappa shape index (κ2) is 6.99. The normalized spacial score (nSPS) is 15.8. The van der Waals surface area contributed by atoms with Gasteiger partial charge in [-0.1, -0.05) is 34.8 Å². The molecule has 0 aliphatic carbocycles. The molecule has 1 aliphatic heterocycles. The Labute approximate surface area is 184 Å². The Hall–Kier alpha value is -2.12. The third-order valence-corrected chi connectivity index (χ3v) is 6.79. The van der Waals surface area contributed by atoms with Gasteiger partial charge < -0.3 is 5.11 Å². The third kappa shape index (κ3) is 3.02. The number of aromatic hydroxyl groups is 1. The molecule has 1 unspecified atom stereocenters. The van der Waals surface area contributed by atoms with Crippen molar-refractivity contribution in [3.05, 3.63) is 78.0 Å². The molecule has 4 aromatic rings. The van der Waals surface area contributed by atoms with Crippen LogP contribution in [0.15, 0.2) is 47.5 Å². The Balaban J connectivity index is 1.89. The van der Waals surface area contributed by atoms with Crippen LogP contribution in [-0.2, 0) is 6.42 Å². The van der Waals surface area contributed by atoms with E-state index >= 15 is 0 Å². The van der Waals surface area contributed by atoms with E-state index in [4.69, 9.17) is 34.8 Å². The molecule has 1 N–H and O–H groups in total. The second-order valence-corrected chi connectivity index (χ2v) is 9.35. The average Bonchev–Trinajstić information content (AvgIpc) is 3.11. The van der Waals surface area contributed by atoms with Crippen LogP contribution in [0.5, 0.6) is 5.88 Å². The first-order valence-electron chi connectivity index (χ1n) is 8.82. The van der Waals surface area contributed by atoms with Crippen molar-refractivity contribution in [3.63, 3.8) is 0 Å². The summed E-state index contributed by atoms with van der Waals surface area (Å²) >= 11 is 19.7. The maximum absolute atomic E-state index is 13.3. The molecule has 0 saturated heterocycles. The van der Waals surface area contributed by atoms with Crippen molar-refractivity contribution in [1.29, 1.82) is 0 Å². The van der Waals surface area contributed by atoms with Gasteiger partial charge in [-0.25, -0.2) is 9.78 Å². The number of nitrogens with zero attached hydrogens (tertiary/aromatic N) is 3. The van der Waals surface area contributed by atoms with E-state index in [1.54, 1.807) is 39.6 Å². The Bertz CT molecular complexity index is 1330. The van der Waals surface area contributed by atoms with Crippen molar-refractivity contribution in [2.75, 3.05) is 0 Å². The summed E-state index contributed by atoms with van der Waals surface area (Å²) in [7, 11) is 0. The minimum atomic E-state index is -0.336. The van der Waals surface area contributed by atoms with Crippen molar-refractivity contribution in [1.82, 2.24) is 9.55 Å².